The maximum atomic E-state index is 12.2. The van der Waals surface area contributed by atoms with Gasteiger partial charge in [-0.3, -0.25) is 4.79 Å². The van der Waals surface area contributed by atoms with Crippen molar-refractivity contribution in [3.05, 3.63) is 37.0 Å². The zero-order valence-electron chi connectivity index (χ0n) is 7.21. The molecule has 0 aromatic carbocycles. The van der Waals surface area contributed by atoms with Crippen LogP contribution in [0.5, 0.6) is 0 Å². The second kappa shape index (κ2) is 4.64. The maximum Gasteiger partial charge on any atom is 0.406 e. The molecule has 0 aliphatic rings. The highest BCUT2D eigenvalue weighted by molar-refractivity contribution is 5.75. The minimum atomic E-state index is -4.82. The van der Waals surface area contributed by atoms with Crippen LogP contribution in [0.1, 0.15) is 0 Å². The van der Waals surface area contributed by atoms with Gasteiger partial charge in [0.15, 0.2) is 5.92 Å². The van der Waals surface area contributed by atoms with E-state index in [9.17, 15) is 18.0 Å². The first-order valence-corrected chi connectivity index (χ1v) is 3.59. The molecule has 0 aliphatic carbocycles. The zero-order valence-corrected chi connectivity index (χ0v) is 7.21. The van der Waals surface area contributed by atoms with E-state index in [0.717, 1.165) is 18.2 Å². The monoisotopic (exact) mass is 206 g/mol. The number of hydrogen-bond donors (Lipinski definition) is 1. The summed E-state index contributed by atoms with van der Waals surface area (Å²) in [7, 11) is 0. The van der Waals surface area contributed by atoms with Crippen molar-refractivity contribution in [1.29, 1.82) is 0 Å². The van der Waals surface area contributed by atoms with E-state index in [-0.39, 0.29) is 0 Å². The van der Waals surface area contributed by atoms with E-state index < -0.39 is 23.6 Å². The Bertz CT molecular complexity index is 276. The number of carboxylic acids is 1. The van der Waals surface area contributed by atoms with Gasteiger partial charge in [0, 0.05) is 0 Å². The van der Waals surface area contributed by atoms with Crippen molar-refractivity contribution in [2.45, 2.75) is 6.18 Å². The van der Waals surface area contributed by atoms with Crippen LogP contribution in [-0.2, 0) is 4.79 Å². The number of alkyl halides is 3. The van der Waals surface area contributed by atoms with Gasteiger partial charge in [-0.05, 0) is 5.57 Å². The highest BCUT2D eigenvalue weighted by Crippen LogP contribution is 2.32. The van der Waals surface area contributed by atoms with Crippen LogP contribution in [0.2, 0.25) is 0 Å². The van der Waals surface area contributed by atoms with Crippen LogP contribution in [-0.4, -0.2) is 17.3 Å². The van der Waals surface area contributed by atoms with Crippen molar-refractivity contribution in [1.82, 2.24) is 0 Å². The van der Waals surface area contributed by atoms with Crippen LogP contribution in [0.3, 0.4) is 0 Å². The van der Waals surface area contributed by atoms with E-state index >= 15 is 0 Å². The van der Waals surface area contributed by atoms with Crippen LogP contribution in [0.15, 0.2) is 37.0 Å². The summed E-state index contributed by atoms with van der Waals surface area (Å²) in [5, 5.41) is 8.39. The normalized spacial score (nSPS) is 14.6. The topological polar surface area (TPSA) is 37.3 Å². The van der Waals surface area contributed by atoms with Gasteiger partial charge in [0.05, 0.1) is 0 Å². The molecule has 0 aliphatic heterocycles. The maximum absolute atomic E-state index is 12.2. The van der Waals surface area contributed by atoms with Crippen LogP contribution in [0.4, 0.5) is 13.2 Å². The van der Waals surface area contributed by atoms with E-state index in [1.54, 1.807) is 0 Å². The summed E-state index contributed by atoms with van der Waals surface area (Å²) in [5.41, 5.74) is -0.431. The van der Waals surface area contributed by atoms with E-state index in [4.69, 9.17) is 5.11 Å². The summed E-state index contributed by atoms with van der Waals surface area (Å²) in [5.74, 6) is -4.50. The van der Waals surface area contributed by atoms with Crippen LogP contribution >= 0.6 is 0 Å². The standard InChI is InChI=1S/C9H9F3O2/c1-3-5-6(4-2)7(8(13)14)9(10,11)12/h3-5,7H,1-2H2,(H,13,14)/b6-5+. The molecule has 0 heterocycles. The molecule has 0 saturated heterocycles. The molecule has 0 radical (unpaired) electrons. The van der Waals surface area contributed by atoms with Gasteiger partial charge in [0.2, 0.25) is 0 Å². The molecule has 0 aromatic heterocycles. The Kier molecular flexibility index (Phi) is 4.14. The molecular weight excluding hydrogens is 197 g/mol. The number of aliphatic carboxylic acids is 1. The number of allylic oxidation sites excluding steroid dienone is 3. The third kappa shape index (κ3) is 3.08. The van der Waals surface area contributed by atoms with Crippen molar-refractivity contribution in [2.75, 3.05) is 0 Å². The lowest BCUT2D eigenvalue weighted by Crippen LogP contribution is -2.31. The first kappa shape index (κ1) is 12.5. The summed E-state index contributed by atoms with van der Waals surface area (Å²) in [6, 6.07) is 0. The van der Waals surface area contributed by atoms with E-state index in [1.807, 2.05) is 0 Å². The first-order chi connectivity index (χ1) is 6.34. The third-order valence-electron chi connectivity index (χ3n) is 1.45. The molecule has 78 valence electrons. The molecule has 1 unspecified atom stereocenters. The Morgan fingerprint density at radius 3 is 2.07 bits per heavy atom. The van der Waals surface area contributed by atoms with Gasteiger partial charge < -0.3 is 5.11 Å². The van der Waals surface area contributed by atoms with Crippen LogP contribution in [0.25, 0.3) is 0 Å². The van der Waals surface area contributed by atoms with Crippen LogP contribution < -0.4 is 0 Å². The molecule has 0 amide bonds. The lowest BCUT2D eigenvalue weighted by Gasteiger charge is -2.16. The second-order valence-electron chi connectivity index (χ2n) is 2.42. The molecule has 0 fully saturated rings. The summed E-state index contributed by atoms with van der Waals surface area (Å²) < 4.78 is 36.7. The molecule has 2 nitrogen and oxygen atoms in total. The molecule has 1 N–H and O–H groups in total. The zero-order chi connectivity index (χ0) is 11.4. The fourth-order valence-electron chi connectivity index (χ4n) is 0.890. The minimum absolute atomic E-state index is 0.431. The highest BCUT2D eigenvalue weighted by atomic mass is 19.4. The lowest BCUT2D eigenvalue weighted by molar-refractivity contribution is -0.185. The van der Waals surface area contributed by atoms with Crippen molar-refractivity contribution >= 4 is 5.97 Å². The highest BCUT2D eigenvalue weighted by Gasteiger charge is 2.46. The molecule has 0 rings (SSSR count). The van der Waals surface area contributed by atoms with Crippen LogP contribution in [0, 0.1) is 5.92 Å². The number of hydrogen-bond acceptors (Lipinski definition) is 1. The Morgan fingerprint density at radius 2 is 1.86 bits per heavy atom. The molecule has 0 spiro atoms. The molecular formula is C9H9F3O2. The molecule has 0 aromatic rings. The Labute approximate surface area is 79.0 Å². The Balaban J connectivity index is 5.20. The predicted molar refractivity (Wildman–Crippen MR) is 45.7 cm³/mol. The number of rotatable bonds is 4. The number of carboxylic acid groups (broad SMARTS) is 1. The fourth-order valence-corrected chi connectivity index (χ4v) is 0.890. The minimum Gasteiger partial charge on any atom is -0.481 e. The molecule has 5 heteroatoms. The molecule has 1 atom stereocenters. The van der Waals surface area contributed by atoms with E-state index in [2.05, 4.69) is 13.2 Å². The molecule has 14 heavy (non-hydrogen) atoms. The van der Waals surface area contributed by atoms with Gasteiger partial charge in [-0.1, -0.05) is 31.4 Å². The smallest absolute Gasteiger partial charge is 0.406 e. The van der Waals surface area contributed by atoms with Crippen molar-refractivity contribution in [3.8, 4) is 0 Å². The summed E-state index contributed by atoms with van der Waals surface area (Å²) >= 11 is 0. The largest absolute Gasteiger partial charge is 0.481 e. The molecule has 0 bridgehead atoms. The average Bonchev–Trinajstić information content (AvgIpc) is 2.00. The van der Waals surface area contributed by atoms with Gasteiger partial charge in [0.25, 0.3) is 0 Å². The van der Waals surface area contributed by atoms with E-state index in [1.165, 1.54) is 0 Å². The number of halogens is 3. The Hall–Kier alpha value is -1.52. The average molecular weight is 206 g/mol. The van der Waals surface area contributed by atoms with Gasteiger partial charge in [-0.2, -0.15) is 13.2 Å². The van der Waals surface area contributed by atoms with Crippen molar-refractivity contribution < 1.29 is 23.1 Å². The molecule has 0 saturated carbocycles. The Morgan fingerprint density at radius 1 is 1.36 bits per heavy atom. The van der Waals surface area contributed by atoms with Gasteiger partial charge in [-0.25, -0.2) is 0 Å². The SMILES string of the molecule is C=C/C=C(\C=C)C(C(=O)O)C(F)(F)F. The summed E-state index contributed by atoms with van der Waals surface area (Å²) in [6.45, 7) is 6.30. The second-order valence-corrected chi connectivity index (χ2v) is 2.42. The predicted octanol–water partition coefficient (Wildman–Crippen LogP) is 2.55. The third-order valence-corrected chi connectivity index (χ3v) is 1.45. The van der Waals surface area contributed by atoms with Crippen molar-refractivity contribution in [3.63, 3.8) is 0 Å². The fraction of sp³-hybridized carbons (Fsp3) is 0.222. The van der Waals surface area contributed by atoms with Crippen molar-refractivity contribution in [2.24, 2.45) is 5.92 Å². The first-order valence-electron chi connectivity index (χ1n) is 3.59. The summed E-state index contributed by atoms with van der Waals surface area (Å²) in [4.78, 5) is 10.4. The lowest BCUT2D eigenvalue weighted by atomic mass is 9.98. The van der Waals surface area contributed by atoms with E-state index in [0.29, 0.717) is 0 Å². The van der Waals surface area contributed by atoms with Gasteiger partial charge >= 0.3 is 12.1 Å². The van der Waals surface area contributed by atoms with Gasteiger partial charge in [-0.15, -0.1) is 0 Å². The summed E-state index contributed by atoms with van der Waals surface area (Å²) in [6.07, 6.45) is -1.92. The number of carbonyl (C=O) groups is 1. The van der Waals surface area contributed by atoms with Gasteiger partial charge in [0.1, 0.15) is 0 Å². The quantitative estimate of drug-likeness (QED) is 0.717.